The van der Waals surface area contributed by atoms with Crippen LogP contribution < -0.4 is 9.80 Å². The minimum Gasteiger partial charge on any atom is -0.441 e. The van der Waals surface area contributed by atoms with Gasteiger partial charge in [0.25, 0.3) is 0 Å². The van der Waals surface area contributed by atoms with E-state index < -0.39 is 24.3 Å². The normalized spacial score (nSPS) is 27.5. The smallest absolute Gasteiger partial charge is 0.416 e. The SMILES string of the molecule is C[C@@H]1CN(c2c(C3OCCO3)cc3c(N4CC(CO)OC4=O)noc3c2F)C[C@@H](C)O1. The molecule has 3 saturated heterocycles. The van der Waals surface area contributed by atoms with Gasteiger partial charge in [0.1, 0.15) is 6.10 Å². The number of hydrogen-bond donors (Lipinski definition) is 1. The molecule has 3 atom stereocenters. The molecule has 1 unspecified atom stereocenters. The molecule has 11 heteroatoms. The monoisotopic (exact) mass is 437 g/mol. The van der Waals surface area contributed by atoms with Gasteiger partial charge in [-0.05, 0) is 19.9 Å². The Kier molecular flexibility index (Phi) is 5.21. The van der Waals surface area contributed by atoms with Crippen LogP contribution in [0.1, 0.15) is 25.7 Å². The van der Waals surface area contributed by atoms with Crippen molar-refractivity contribution in [1.29, 1.82) is 0 Å². The number of hydrogen-bond acceptors (Lipinski definition) is 9. The summed E-state index contributed by atoms with van der Waals surface area (Å²) in [7, 11) is 0. The van der Waals surface area contributed by atoms with Gasteiger partial charge in [0, 0.05) is 18.7 Å². The average molecular weight is 437 g/mol. The number of halogens is 1. The molecule has 3 fully saturated rings. The number of nitrogens with zero attached hydrogens (tertiary/aromatic N) is 3. The first-order valence-electron chi connectivity index (χ1n) is 10.3. The summed E-state index contributed by atoms with van der Waals surface area (Å²) < 4.78 is 43.5. The van der Waals surface area contributed by atoms with Crippen LogP contribution in [0, 0.1) is 5.82 Å². The minimum atomic E-state index is -0.749. The highest BCUT2D eigenvalue weighted by Crippen LogP contribution is 2.42. The van der Waals surface area contributed by atoms with Crippen molar-refractivity contribution in [1.82, 2.24) is 5.16 Å². The quantitative estimate of drug-likeness (QED) is 0.768. The van der Waals surface area contributed by atoms with Gasteiger partial charge >= 0.3 is 6.09 Å². The highest BCUT2D eigenvalue weighted by atomic mass is 19.1. The van der Waals surface area contributed by atoms with E-state index in [0.29, 0.717) is 42.9 Å². The Morgan fingerprint density at radius 2 is 1.90 bits per heavy atom. The van der Waals surface area contributed by atoms with Gasteiger partial charge in [0.2, 0.25) is 5.58 Å². The maximum Gasteiger partial charge on any atom is 0.416 e. The number of carbonyl (C=O) groups is 1. The molecular weight excluding hydrogens is 413 g/mol. The van der Waals surface area contributed by atoms with Crippen molar-refractivity contribution < 1.29 is 37.8 Å². The minimum absolute atomic E-state index is 0.0706. The number of anilines is 2. The van der Waals surface area contributed by atoms with Crippen molar-refractivity contribution in [3.8, 4) is 0 Å². The number of fused-ring (bicyclic) bond motifs is 1. The maximum atomic E-state index is 15.9. The molecule has 168 valence electrons. The van der Waals surface area contributed by atoms with Crippen LogP contribution in [-0.2, 0) is 18.9 Å². The predicted molar refractivity (Wildman–Crippen MR) is 106 cm³/mol. The van der Waals surface area contributed by atoms with E-state index >= 15 is 4.39 Å². The van der Waals surface area contributed by atoms with Crippen LogP contribution >= 0.6 is 0 Å². The molecule has 10 nitrogen and oxygen atoms in total. The summed E-state index contributed by atoms with van der Waals surface area (Å²) in [6.07, 6.45) is -2.28. The van der Waals surface area contributed by atoms with Gasteiger partial charge in [0.05, 0.1) is 49.6 Å². The van der Waals surface area contributed by atoms with Crippen LogP contribution in [0.2, 0.25) is 0 Å². The molecule has 2 aromatic rings. The standard InChI is InChI=1S/C20H24FN3O7/c1-10-6-23(7-11(2)29-10)16-13(19-27-3-4-28-19)5-14-17(15(16)21)31-22-18(14)24-8-12(9-25)30-20(24)26/h5,10-12,19,25H,3-4,6-9H2,1-2H3/t10-,11-,12?/m1/s1. The molecule has 5 rings (SSSR count). The van der Waals surface area contributed by atoms with Gasteiger partial charge in [-0.1, -0.05) is 5.16 Å². The molecule has 0 saturated carbocycles. The molecule has 0 radical (unpaired) electrons. The van der Waals surface area contributed by atoms with Gasteiger partial charge in [-0.3, -0.25) is 4.90 Å². The third-order valence-corrected chi connectivity index (χ3v) is 5.63. The second-order valence-electron chi connectivity index (χ2n) is 8.05. The molecule has 0 aliphatic carbocycles. The van der Waals surface area contributed by atoms with Crippen LogP contribution in [0.5, 0.6) is 0 Å². The Labute approximate surface area is 177 Å². The third kappa shape index (κ3) is 3.51. The van der Waals surface area contributed by atoms with E-state index in [1.54, 1.807) is 6.07 Å². The number of cyclic esters (lactones) is 1. The van der Waals surface area contributed by atoms with Crippen LogP contribution in [0.25, 0.3) is 11.0 Å². The van der Waals surface area contributed by atoms with Crippen molar-refractivity contribution in [2.24, 2.45) is 0 Å². The van der Waals surface area contributed by atoms with Crippen LogP contribution in [0.3, 0.4) is 0 Å². The molecule has 1 aromatic carbocycles. The zero-order valence-corrected chi connectivity index (χ0v) is 17.2. The third-order valence-electron chi connectivity index (χ3n) is 5.63. The molecule has 31 heavy (non-hydrogen) atoms. The second-order valence-corrected chi connectivity index (χ2v) is 8.05. The lowest BCUT2D eigenvalue weighted by molar-refractivity contribution is -0.0445. The summed E-state index contributed by atoms with van der Waals surface area (Å²) in [5, 5.41) is 13.6. The van der Waals surface area contributed by atoms with Crippen molar-refractivity contribution in [3.05, 3.63) is 17.4 Å². The van der Waals surface area contributed by atoms with Gasteiger partial charge in [0.15, 0.2) is 17.9 Å². The second kappa shape index (κ2) is 7.90. The van der Waals surface area contributed by atoms with Crippen molar-refractivity contribution in [2.45, 2.75) is 38.4 Å². The van der Waals surface area contributed by atoms with Crippen molar-refractivity contribution >= 4 is 28.6 Å². The highest BCUT2D eigenvalue weighted by Gasteiger charge is 2.38. The van der Waals surface area contributed by atoms with Crippen LogP contribution in [-0.4, -0.2) is 74.1 Å². The summed E-state index contributed by atoms with van der Waals surface area (Å²) in [6.45, 7) is 5.41. The van der Waals surface area contributed by atoms with Crippen molar-refractivity contribution in [3.63, 3.8) is 0 Å². The van der Waals surface area contributed by atoms with E-state index in [1.807, 2.05) is 18.7 Å². The molecular formula is C20H24FN3O7. The summed E-state index contributed by atoms with van der Waals surface area (Å²) in [6, 6.07) is 1.69. The Morgan fingerprint density at radius 3 is 2.55 bits per heavy atom. The largest absolute Gasteiger partial charge is 0.441 e. The molecule has 1 aromatic heterocycles. The fourth-order valence-electron chi connectivity index (χ4n) is 4.42. The number of aliphatic hydroxyl groups excluding tert-OH is 1. The number of ether oxygens (including phenoxy) is 4. The Bertz CT molecular complexity index is 983. The fourth-order valence-corrected chi connectivity index (χ4v) is 4.42. The lowest BCUT2D eigenvalue weighted by atomic mass is 10.0. The van der Waals surface area contributed by atoms with Crippen LogP contribution in [0.4, 0.5) is 20.7 Å². The summed E-state index contributed by atoms with van der Waals surface area (Å²) >= 11 is 0. The number of morpholine rings is 1. The first-order chi connectivity index (χ1) is 15.0. The average Bonchev–Trinajstić information content (AvgIpc) is 3.46. The maximum absolute atomic E-state index is 15.9. The molecule has 3 aliphatic rings. The summed E-state index contributed by atoms with van der Waals surface area (Å²) in [4.78, 5) is 15.4. The number of aliphatic hydroxyl groups is 1. The van der Waals surface area contributed by atoms with E-state index in [2.05, 4.69) is 5.16 Å². The Hall–Kier alpha value is -2.47. The molecule has 0 bridgehead atoms. The van der Waals surface area contributed by atoms with Gasteiger partial charge in [-0.2, -0.15) is 0 Å². The number of carbonyl (C=O) groups excluding carboxylic acids is 1. The number of rotatable bonds is 4. The first-order valence-corrected chi connectivity index (χ1v) is 10.3. The highest BCUT2D eigenvalue weighted by molar-refractivity contribution is 6.00. The van der Waals surface area contributed by atoms with Gasteiger partial charge in [-0.15, -0.1) is 0 Å². The summed E-state index contributed by atoms with van der Waals surface area (Å²) in [5.41, 5.74) is 0.750. The first kappa shape index (κ1) is 20.4. The predicted octanol–water partition coefficient (Wildman–Crippen LogP) is 1.94. The molecule has 4 heterocycles. The van der Waals surface area contributed by atoms with E-state index in [4.69, 9.17) is 23.5 Å². The summed E-state index contributed by atoms with van der Waals surface area (Å²) in [5.74, 6) is -0.470. The zero-order valence-electron chi connectivity index (χ0n) is 17.2. The Morgan fingerprint density at radius 1 is 1.19 bits per heavy atom. The lowest BCUT2D eigenvalue weighted by Gasteiger charge is -2.38. The number of aromatic nitrogens is 1. The molecule has 1 amide bonds. The number of benzene rings is 1. The Balaban J connectivity index is 1.63. The van der Waals surface area contributed by atoms with Gasteiger partial charge in [-0.25, -0.2) is 9.18 Å². The molecule has 0 spiro atoms. The lowest BCUT2D eigenvalue weighted by Crippen LogP contribution is -2.46. The topological polar surface area (TPSA) is 107 Å². The fraction of sp³-hybridized carbons (Fsp3) is 0.600. The zero-order chi connectivity index (χ0) is 21.7. The van der Waals surface area contributed by atoms with E-state index in [9.17, 15) is 9.90 Å². The van der Waals surface area contributed by atoms with Crippen molar-refractivity contribution in [2.75, 3.05) is 49.3 Å². The van der Waals surface area contributed by atoms with Gasteiger partial charge < -0.3 is 33.5 Å². The van der Waals surface area contributed by atoms with E-state index in [1.165, 1.54) is 4.90 Å². The number of amides is 1. The molecule has 1 N–H and O–H groups in total. The van der Waals surface area contributed by atoms with Crippen LogP contribution in [0.15, 0.2) is 10.6 Å². The van der Waals surface area contributed by atoms with E-state index in [-0.39, 0.29) is 36.8 Å². The molecule has 3 aliphatic heterocycles. The van der Waals surface area contributed by atoms with E-state index in [0.717, 1.165) is 0 Å².